The third-order valence-electron chi connectivity index (χ3n) is 6.15. The van der Waals surface area contributed by atoms with Gasteiger partial charge in [0.05, 0.1) is 12.7 Å². The zero-order valence-corrected chi connectivity index (χ0v) is 19.9. The first-order chi connectivity index (χ1) is 15.2. The number of nitrogens with zero attached hydrogens (tertiary/aromatic N) is 5. The molecule has 0 radical (unpaired) electrons. The normalized spacial score (nSPS) is 18.8. The molecule has 0 spiro atoms. The zero-order chi connectivity index (χ0) is 21.9. The molecule has 2 N–H and O–H groups in total. The number of fused-ring (bicyclic) bond motifs is 1. The number of hydrogen-bond donors (Lipinski definition) is 2. The van der Waals surface area contributed by atoms with E-state index in [0.717, 1.165) is 89.8 Å². The van der Waals surface area contributed by atoms with Gasteiger partial charge in [-0.05, 0) is 52.9 Å². The highest BCUT2D eigenvalue weighted by atomic mass is 16.5. The molecular formula is C23H43N7O. The van der Waals surface area contributed by atoms with Gasteiger partial charge in [0, 0.05) is 58.2 Å². The van der Waals surface area contributed by atoms with Crippen LogP contribution in [-0.2, 0) is 24.1 Å². The minimum absolute atomic E-state index is 0.317. The second-order valence-corrected chi connectivity index (χ2v) is 9.04. The second-order valence-electron chi connectivity index (χ2n) is 9.04. The van der Waals surface area contributed by atoms with Gasteiger partial charge < -0.3 is 24.8 Å². The average Bonchev–Trinajstić information content (AvgIpc) is 2.98. The lowest BCUT2D eigenvalue weighted by Crippen LogP contribution is -2.49. The van der Waals surface area contributed by atoms with E-state index in [-0.39, 0.29) is 0 Å². The van der Waals surface area contributed by atoms with Crippen LogP contribution in [0.2, 0.25) is 0 Å². The molecule has 0 bridgehead atoms. The van der Waals surface area contributed by atoms with Crippen LogP contribution >= 0.6 is 0 Å². The largest absolute Gasteiger partial charge is 0.377 e. The Morgan fingerprint density at radius 3 is 2.77 bits per heavy atom. The van der Waals surface area contributed by atoms with E-state index >= 15 is 0 Å². The molecule has 2 aliphatic rings. The van der Waals surface area contributed by atoms with Crippen LogP contribution in [-0.4, -0.2) is 77.1 Å². The first-order valence-corrected chi connectivity index (χ1v) is 12.5. The van der Waals surface area contributed by atoms with Crippen molar-refractivity contribution >= 4 is 5.96 Å². The van der Waals surface area contributed by atoms with Gasteiger partial charge in [-0.15, -0.1) is 10.2 Å². The van der Waals surface area contributed by atoms with Gasteiger partial charge in [0.1, 0.15) is 11.6 Å². The van der Waals surface area contributed by atoms with E-state index in [1.54, 1.807) is 0 Å². The van der Waals surface area contributed by atoms with Crippen LogP contribution in [0.15, 0.2) is 4.99 Å². The van der Waals surface area contributed by atoms with Crippen LogP contribution in [0, 0.1) is 0 Å². The highest BCUT2D eigenvalue weighted by molar-refractivity contribution is 5.80. The highest BCUT2D eigenvalue weighted by Gasteiger charge is 2.20. The summed E-state index contributed by atoms with van der Waals surface area (Å²) in [5.74, 6) is 3.26. The molecule has 0 aromatic carbocycles. The standard InChI is InChI=1S/C23H43N7O/c1-4-24-23(26-20-11-15-29(16-12-20)17-18-31-19(2)3)25-13-8-10-22-28-27-21-9-6-5-7-14-30(21)22/h19-20H,4-18H2,1-3H3,(H2,24,25,26). The van der Waals surface area contributed by atoms with Crippen molar-refractivity contribution in [1.29, 1.82) is 0 Å². The molecule has 3 heterocycles. The van der Waals surface area contributed by atoms with Gasteiger partial charge in [-0.3, -0.25) is 4.99 Å². The third kappa shape index (κ3) is 8.07. The maximum atomic E-state index is 5.69. The van der Waals surface area contributed by atoms with Crippen molar-refractivity contribution in [2.45, 2.75) is 90.8 Å². The lowest BCUT2D eigenvalue weighted by atomic mass is 10.1. The number of ether oxygens (including phenoxy) is 1. The summed E-state index contributed by atoms with van der Waals surface area (Å²) in [6, 6.07) is 0.493. The van der Waals surface area contributed by atoms with Gasteiger partial charge in [0.2, 0.25) is 0 Å². The minimum Gasteiger partial charge on any atom is -0.377 e. The van der Waals surface area contributed by atoms with Gasteiger partial charge in [-0.1, -0.05) is 6.42 Å². The van der Waals surface area contributed by atoms with Crippen molar-refractivity contribution < 1.29 is 4.74 Å². The molecule has 8 heteroatoms. The summed E-state index contributed by atoms with van der Waals surface area (Å²) < 4.78 is 8.04. The molecule has 8 nitrogen and oxygen atoms in total. The van der Waals surface area contributed by atoms with Crippen LogP contribution in [0.4, 0.5) is 0 Å². The second kappa shape index (κ2) is 13.0. The summed E-state index contributed by atoms with van der Waals surface area (Å²) in [4.78, 5) is 7.34. The third-order valence-corrected chi connectivity index (χ3v) is 6.15. The van der Waals surface area contributed by atoms with Crippen LogP contribution < -0.4 is 10.6 Å². The number of aromatic nitrogens is 3. The Labute approximate surface area is 188 Å². The number of likely N-dealkylation sites (tertiary alicyclic amines) is 1. The Morgan fingerprint density at radius 2 is 2.00 bits per heavy atom. The van der Waals surface area contributed by atoms with Crippen LogP contribution in [0.25, 0.3) is 0 Å². The van der Waals surface area contributed by atoms with E-state index in [2.05, 4.69) is 51.1 Å². The van der Waals surface area contributed by atoms with Crippen molar-refractivity contribution in [2.24, 2.45) is 4.99 Å². The predicted octanol–water partition coefficient (Wildman–Crippen LogP) is 2.38. The summed E-state index contributed by atoms with van der Waals surface area (Å²) in [6.07, 6.45) is 9.43. The van der Waals surface area contributed by atoms with Crippen LogP contribution in [0.3, 0.4) is 0 Å². The SMILES string of the molecule is CCNC(=NCCCc1nnc2n1CCCCC2)NC1CCN(CCOC(C)C)CC1. The molecule has 1 aromatic heterocycles. The topological polar surface area (TPSA) is 79.6 Å². The van der Waals surface area contributed by atoms with Crippen molar-refractivity contribution in [2.75, 3.05) is 39.3 Å². The molecule has 2 aliphatic heterocycles. The van der Waals surface area contributed by atoms with Gasteiger partial charge in [0.25, 0.3) is 0 Å². The number of nitrogens with one attached hydrogen (secondary N) is 2. The summed E-state index contributed by atoms with van der Waals surface area (Å²) in [6.45, 7) is 13.2. The van der Waals surface area contributed by atoms with Gasteiger partial charge >= 0.3 is 0 Å². The fraction of sp³-hybridized carbons (Fsp3) is 0.870. The fourth-order valence-corrected chi connectivity index (χ4v) is 4.39. The summed E-state index contributed by atoms with van der Waals surface area (Å²) in [7, 11) is 0. The first kappa shape index (κ1) is 24.0. The van der Waals surface area contributed by atoms with E-state index in [0.29, 0.717) is 12.1 Å². The molecule has 3 rings (SSSR count). The molecule has 31 heavy (non-hydrogen) atoms. The van der Waals surface area contributed by atoms with E-state index in [1.807, 2.05) is 0 Å². The summed E-state index contributed by atoms with van der Waals surface area (Å²) in [5.41, 5.74) is 0. The molecule has 176 valence electrons. The minimum atomic E-state index is 0.317. The van der Waals surface area contributed by atoms with E-state index < -0.39 is 0 Å². The maximum absolute atomic E-state index is 5.69. The molecule has 1 saturated heterocycles. The number of guanidine groups is 1. The first-order valence-electron chi connectivity index (χ1n) is 12.5. The summed E-state index contributed by atoms with van der Waals surface area (Å²) in [5, 5.41) is 15.9. The Hall–Kier alpha value is -1.67. The van der Waals surface area contributed by atoms with E-state index in [9.17, 15) is 0 Å². The highest BCUT2D eigenvalue weighted by Crippen LogP contribution is 2.15. The molecule has 1 aromatic rings. The predicted molar refractivity (Wildman–Crippen MR) is 126 cm³/mol. The van der Waals surface area contributed by atoms with Crippen molar-refractivity contribution in [3.63, 3.8) is 0 Å². The maximum Gasteiger partial charge on any atom is 0.191 e. The monoisotopic (exact) mass is 433 g/mol. The van der Waals surface area contributed by atoms with Gasteiger partial charge in [0.15, 0.2) is 5.96 Å². The fourth-order valence-electron chi connectivity index (χ4n) is 4.39. The Bertz CT molecular complexity index is 665. The molecule has 0 aliphatic carbocycles. The smallest absolute Gasteiger partial charge is 0.191 e. The van der Waals surface area contributed by atoms with E-state index in [4.69, 9.17) is 9.73 Å². The van der Waals surface area contributed by atoms with Crippen LogP contribution in [0.5, 0.6) is 0 Å². The molecule has 0 amide bonds. The number of aryl methyl sites for hydroxylation is 2. The molecule has 0 saturated carbocycles. The van der Waals surface area contributed by atoms with E-state index in [1.165, 1.54) is 25.1 Å². The molecular weight excluding hydrogens is 390 g/mol. The number of piperidine rings is 1. The van der Waals surface area contributed by atoms with Crippen molar-refractivity contribution in [1.82, 2.24) is 30.3 Å². The molecule has 1 fully saturated rings. The zero-order valence-electron chi connectivity index (χ0n) is 19.9. The summed E-state index contributed by atoms with van der Waals surface area (Å²) >= 11 is 0. The number of rotatable bonds is 10. The lowest BCUT2D eigenvalue weighted by molar-refractivity contribution is 0.0532. The quantitative estimate of drug-likeness (QED) is 0.335. The number of hydrogen-bond acceptors (Lipinski definition) is 5. The average molecular weight is 434 g/mol. The van der Waals surface area contributed by atoms with Gasteiger partial charge in [-0.2, -0.15) is 0 Å². The van der Waals surface area contributed by atoms with Crippen molar-refractivity contribution in [3.05, 3.63) is 11.6 Å². The Morgan fingerprint density at radius 1 is 1.16 bits per heavy atom. The Balaban J connectivity index is 1.39. The van der Waals surface area contributed by atoms with Crippen molar-refractivity contribution in [3.8, 4) is 0 Å². The number of aliphatic imine (C=N–C) groups is 1. The molecule has 0 unspecified atom stereocenters. The Kier molecular flexibility index (Phi) is 10.1. The lowest BCUT2D eigenvalue weighted by Gasteiger charge is -2.33. The molecule has 0 atom stereocenters. The van der Waals surface area contributed by atoms with Crippen LogP contribution in [0.1, 0.15) is 70.9 Å². The van der Waals surface area contributed by atoms with Gasteiger partial charge in [-0.25, -0.2) is 0 Å².